The van der Waals surface area contributed by atoms with E-state index in [0.717, 1.165) is 18.9 Å². The van der Waals surface area contributed by atoms with Crippen LogP contribution in [0.15, 0.2) is 17.0 Å². The van der Waals surface area contributed by atoms with Gasteiger partial charge in [-0.3, -0.25) is 4.79 Å². The minimum absolute atomic E-state index is 0.0221. The Bertz CT molecular complexity index is 661. The molecule has 5 nitrogen and oxygen atoms in total. The van der Waals surface area contributed by atoms with Crippen molar-refractivity contribution in [2.75, 3.05) is 0 Å². The highest BCUT2D eigenvalue weighted by molar-refractivity contribution is 7.89. The van der Waals surface area contributed by atoms with Crippen molar-refractivity contribution in [1.29, 1.82) is 0 Å². The summed E-state index contributed by atoms with van der Waals surface area (Å²) >= 11 is 11.6. The summed E-state index contributed by atoms with van der Waals surface area (Å²) in [6.07, 6.45) is 1.93. The van der Waals surface area contributed by atoms with Gasteiger partial charge in [-0.15, -0.1) is 0 Å². The second-order valence-electron chi connectivity index (χ2n) is 4.80. The maximum absolute atomic E-state index is 12.1. The maximum Gasteiger partial charge on any atom is 0.251 e. The van der Waals surface area contributed by atoms with E-state index in [-0.39, 0.29) is 32.5 Å². The molecule has 8 heteroatoms. The van der Waals surface area contributed by atoms with E-state index in [2.05, 4.69) is 12.2 Å². The highest BCUT2D eigenvalue weighted by Crippen LogP contribution is 2.34. The fraction of sp³-hybridized carbons (Fsp3) is 0.417. The highest BCUT2D eigenvalue weighted by atomic mass is 35.5. The van der Waals surface area contributed by atoms with Gasteiger partial charge in [0, 0.05) is 11.6 Å². The van der Waals surface area contributed by atoms with Crippen LogP contribution in [-0.2, 0) is 10.0 Å². The van der Waals surface area contributed by atoms with Crippen molar-refractivity contribution in [3.63, 3.8) is 0 Å². The zero-order valence-electron chi connectivity index (χ0n) is 10.7. The molecule has 1 aliphatic rings. The summed E-state index contributed by atoms with van der Waals surface area (Å²) in [4.78, 5) is 11.7. The number of rotatable bonds is 4. The van der Waals surface area contributed by atoms with Crippen LogP contribution in [0.4, 0.5) is 0 Å². The molecule has 1 aromatic rings. The van der Waals surface area contributed by atoms with Gasteiger partial charge in [-0.25, -0.2) is 13.6 Å². The van der Waals surface area contributed by atoms with Gasteiger partial charge in [0.25, 0.3) is 5.91 Å². The van der Waals surface area contributed by atoms with E-state index in [9.17, 15) is 13.2 Å². The second kappa shape index (κ2) is 5.52. The Hall–Kier alpha value is -0.820. The zero-order chi connectivity index (χ0) is 15.1. The van der Waals surface area contributed by atoms with Gasteiger partial charge in [0.2, 0.25) is 10.0 Å². The quantitative estimate of drug-likeness (QED) is 0.882. The van der Waals surface area contributed by atoms with Crippen LogP contribution < -0.4 is 10.5 Å². The highest BCUT2D eigenvalue weighted by Gasteiger charge is 2.36. The van der Waals surface area contributed by atoms with E-state index in [1.165, 1.54) is 6.07 Å². The predicted molar refractivity (Wildman–Crippen MR) is 77.5 cm³/mol. The van der Waals surface area contributed by atoms with Crippen LogP contribution in [0.2, 0.25) is 10.0 Å². The number of primary sulfonamides is 1. The third kappa shape index (κ3) is 3.25. The van der Waals surface area contributed by atoms with Crippen LogP contribution in [0.3, 0.4) is 0 Å². The number of nitrogens with two attached hydrogens (primary N) is 1. The third-order valence-corrected chi connectivity index (χ3v) is 5.18. The number of amides is 1. The molecule has 2 rings (SSSR count). The molecule has 2 atom stereocenters. The number of hydrogen-bond acceptors (Lipinski definition) is 3. The maximum atomic E-state index is 12.1. The summed E-state index contributed by atoms with van der Waals surface area (Å²) in [5.41, 5.74) is 0.130. The molecule has 0 aromatic heterocycles. The summed E-state index contributed by atoms with van der Waals surface area (Å²) in [6, 6.07) is 2.61. The first-order valence-corrected chi connectivity index (χ1v) is 8.37. The summed E-state index contributed by atoms with van der Waals surface area (Å²) in [6.45, 7) is 2.05. The molecule has 0 saturated heterocycles. The molecule has 1 amide bonds. The first-order valence-electron chi connectivity index (χ1n) is 6.06. The number of nitrogens with one attached hydrogen (secondary N) is 1. The van der Waals surface area contributed by atoms with Crippen molar-refractivity contribution in [2.45, 2.75) is 30.7 Å². The van der Waals surface area contributed by atoms with Crippen LogP contribution in [0.25, 0.3) is 0 Å². The SMILES string of the molecule is CCC1CC1NC(=O)c1cc(Cl)c(Cl)c(S(N)(=O)=O)c1. The Balaban J connectivity index is 2.29. The predicted octanol–water partition coefficient (Wildman–Crippen LogP) is 2.17. The summed E-state index contributed by atoms with van der Waals surface area (Å²) in [5.74, 6) is 0.105. The lowest BCUT2D eigenvalue weighted by molar-refractivity contribution is 0.0949. The van der Waals surface area contributed by atoms with Crippen molar-refractivity contribution >= 4 is 39.1 Å². The Morgan fingerprint density at radius 2 is 2.10 bits per heavy atom. The third-order valence-electron chi connectivity index (χ3n) is 3.33. The Kier molecular flexibility index (Phi) is 4.30. The van der Waals surface area contributed by atoms with Crippen molar-refractivity contribution in [3.05, 3.63) is 27.7 Å². The summed E-state index contributed by atoms with van der Waals surface area (Å²) in [7, 11) is -4.04. The Labute approximate surface area is 127 Å². The molecule has 1 aromatic carbocycles. The fourth-order valence-electron chi connectivity index (χ4n) is 2.03. The van der Waals surface area contributed by atoms with Gasteiger partial charge < -0.3 is 5.32 Å². The largest absolute Gasteiger partial charge is 0.349 e. The molecule has 20 heavy (non-hydrogen) atoms. The van der Waals surface area contributed by atoms with E-state index in [1.807, 2.05) is 0 Å². The minimum atomic E-state index is -4.04. The Morgan fingerprint density at radius 1 is 1.45 bits per heavy atom. The van der Waals surface area contributed by atoms with Crippen molar-refractivity contribution in [2.24, 2.45) is 11.1 Å². The minimum Gasteiger partial charge on any atom is -0.349 e. The molecule has 1 aliphatic carbocycles. The average Bonchev–Trinajstić information content (AvgIpc) is 3.09. The van der Waals surface area contributed by atoms with E-state index in [1.54, 1.807) is 0 Å². The lowest BCUT2D eigenvalue weighted by Crippen LogP contribution is -2.27. The van der Waals surface area contributed by atoms with Crippen LogP contribution in [-0.4, -0.2) is 20.4 Å². The van der Waals surface area contributed by atoms with Gasteiger partial charge in [-0.2, -0.15) is 0 Å². The zero-order valence-corrected chi connectivity index (χ0v) is 13.0. The first-order chi connectivity index (χ1) is 9.24. The monoisotopic (exact) mass is 336 g/mol. The molecule has 1 fully saturated rings. The molecule has 110 valence electrons. The molecule has 0 aliphatic heterocycles. The lowest BCUT2D eigenvalue weighted by atomic mass is 10.2. The van der Waals surface area contributed by atoms with Gasteiger partial charge >= 0.3 is 0 Å². The molecule has 3 N–H and O–H groups in total. The van der Waals surface area contributed by atoms with Crippen molar-refractivity contribution < 1.29 is 13.2 Å². The van der Waals surface area contributed by atoms with Gasteiger partial charge in [0.05, 0.1) is 10.0 Å². The number of sulfonamides is 1. The Morgan fingerprint density at radius 3 is 2.60 bits per heavy atom. The number of halogens is 2. The molecule has 0 spiro atoms. The molecule has 1 saturated carbocycles. The van der Waals surface area contributed by atoms with Crippen LogP contribution >= 0.6 is 23.2 Å². The number of benzene rings is 1. The van der Waals surface area contributed by atoms with E-state index >= 15 is 0 Å². The second-order valence-corrected chi connectivity index (χ2v) is 7.11. The molecule has 0 radical (unpaired) electrons. The topological polar surface area (TPSA) is 89.3 Å². The van der Waals surface area contributed by atoms with E-state index < -0.39 is 10.0 Å². The van der Waals surface area contributed by atoms with Gasteiger partial charge in [0.15, 0.2) is 0 Å². The standard InChI is InChI=1S/C12H14Cl2N2O3S/c1-2-6-4-9(6)16-12(17)7-3-8(13)11(14)10(5-7)20(15,18)19/h3,5-6,9H,2,4H2,1H3,(H,16,17)(H2,15,18,19). The first kappa shape index (κ1) is 15.6. The van der Waals surface area contributed by atoms with Gasteiger partial charge in [0.1, 0.15) is 4.90 Å². The smallest absolute Gasteiger partial charge is 0.251 e. The fourth-order valence-corrected chi connectivity index (χ4v) is 3.39. The lowest BCUT2D eigenvalue weighted by Gasteiger charge is -2.09. The average molecular weight is 337 g/mol. The number of carbonyl (C=O) groups excluding carboxylic acids is 1. The molecule has 2 unspecified atom stereocenters. The summed E-state index contributed by atoms with van der Waals surface area (Å²) < 4.78 is 22.8. The summed E-state index contributed by atoms with van der Waals surface area (Å²) in [5, 5.41) is 7.67. The number of hydrogen-bond donors (Lipinski definition) is 2. The van der Waals surface area contributed by atoms with Crippen LogP contribution in [0.5, 0.6) is 0 Å². The van der Waals surface area contributed by atoms with E-state index in [0.29, 0.717) is 5.92 Å². The molecule has 0 heterocycles. The van der Waals surface area contributed by atoms with Crippen LogP contribution in [0, 0.1) is 5.92 Å². The molecule has 0 bridgehead atoms. The van der Waals surface area contributed by atoms with Gasteiger partial charge in [-0.05, 0) is 24.5 Å². The number of carbonyl (C=O) groups is 1. The normalized spacial score (nSPS) is 21.6. The van der Waals surface area contributed by atoms with Gasteiger partial charge in [-0.1, -0.05) is 36.5 Å². The van der Waals surface area contributed by atoms with Crippen molar-refractivity contribution in [1.82, 2.24) is 5.32 Å². The molecular weight excluding hydrogens is 323 g/mol. The molecular formula is C12H14Cl2N2O3S. The van der Waals surface area contributed by atoms with Crippen LogP contribution in [0.1, 0.15) is 30.1 Å². The van der Waals surface area contributed by atoms with E-state index in [4.69, 9.17) is 28.3 Å². The van der Waals surface area contributed by atoms with Crippen molar-refractivity contribution in [3.8, 4) is 0 Å².